The fourth-order valence-corrected chi connectivity index (χ4v) is 4.08. The number of amides is 1. The highest BCUT2D eigenvalue weighted by Gasteiger charge is 2.48. The lowest BCUT2D eigenvalue weighted by atomic mass is 10.0. The summed E-state index contributed by atoms with van der Waals surface area (Å²) in [5.74, 6) is 0.454. The lowest BCUT2D eigenvalue weighted by Crippen LogP contribution is -2.47. The number of benzene rings is 1. The van der Waals surface area contributed by atoms with Crippen LogP contribution in [0, 0.1) is 5.92 Å². The number of carbonyl (C=O) groups excluding carboxylic acids is 1. The molecule has 118 valence electrons. The van der Waals surface area contributed by atoms with Gasteiger partial charge in [-0.25, -0.2) is 0 Å². The number of nitrogens with zero attached hydrogens (tertiary/aromatic N) is 1. The number of piperidine rings is 1. The minimum absolute atomic E-state index is 0.161. The molecule has 1 aromatic carbocycles. The average Bonchev–Trinajstić information content (AvgIpc) is 3.22. The van der Waals surface area contributed by atoms with Crippen LogP contribution in [0.1, 0.15) is 30.7 Å². The van der Waals surface area contributed by atoms with E-state index in [9.17, 15) is 4.79 Å². The van der Waals surface area contributed by atoms with Gasteiger partial charge in [-0.05, 0) is 30.0 Å². The van der Waals surface area contributed by atoms with Gasteiger partial charge in [0.2, 0.25) is 5.91 Å². The van der Waals surface area contributed by atoms with E-state index in [0.29, 0.717) is 25.0 Å². The maximum absolute atomic E-state index is 12.7. The van der Waals surface area contributed by atoms with E-state index in [2.05, 4.69) is 28.1 Å². The van der Waals surface area contributed by atoms with Crippen molar-refractivity contribution < 1.29 is 14.3 Å². The molecule has 1 aliphatic carbocycles. The molecule has 22 heavy (non-hydrogen) atoms. The molecule has 0 N–H and O–H groups in total. The van der Waals surface area contributed by atoms with Crippen LogP contribution in [0.25, 0.3) is 0 Å². The zero-order valence-electron chi connectivity index (χ0n) is 12.5. The standard InChI is InChI=1S/C17H20BrNO3/c18-13-3-1-2-12(10-13)14-11-15(14)16(20)19-6-4-17(5-7-19)21-8-9-22-17/h1-3,10,14-15H,4-9,11H2. The molecule has 5 heteroatoms. The highest BCUT2D eigenvalue weighted by Crippen LogP contribution is 2.49. The summed E-state index contributed by atoms with van der Waals surface area (Å²) in [6, 6.07) is 8.31. The molecule has 3 aliphatic rings. The van der Waals surface area contributed by atoms with Crippen LogP contribution in [-0.4, -0.2) is 42.9 Å². The fourth-order valence-electron chi connectivity index (χ4n) is 3.66. The van der Waals surface area contributed by atoms with Gasteiger partial charge in [0.05, 0.1) is 13.2 Å². The van der Waals surface area contributed by atoms with E-state index in [-0.39, 0.29) is 5.92 Å². The molecule has 4 rings (SSSR count). The predicted molar refractivity (Wildman–Crippen MR) is 85.4 cm³/mol. The van der Waals surface area contributed by atoms with Crippen LogP contribution in [0.2, 0.25) is 0 Å². The maximum atomic E-state index is 12.7. The van der Waals surface area contributed by atoms with Gasteiger partial charge in [-0.3, -0.25) is 4.79 Å². The summed E-state index contributed by atoms with van der Waals surface area (Å²) < 4.78 is 12.5. The molecule has 0 radical (unpaired) electrons. The first-order chi connectivity index (χ1) is 10.7. The second kappa shape index (κ2) is 5.62. The third-order valence-corrected chi connectivity index (χ3v) is 5.53. The van der Waals surface area contributed by atoms with E-state index in [0.717, 1.165) is 36.8 Å². The molecule has 0 aromatic heterocycles. The number of ether oxygens (including phenoxy) is 2. The van der Waals surface area contributed by atoms with Crippen molar-refractivity contribution in [1.29, 1.82) is 0 Å². The van der Waals surface area contributed by atoms with Crippen molar-refractivity contribution in [3.05, 3.63) is 34.3 Å². The van der Waals surface area contributed by atoms with Crippen molar-refractivity contribution in [2.75, 3.05) is 26.3 Å². The highest BCUT2D eigenvalue weighted by molar-refractivity contribution is 9.10. The molecule has 2 saturated heterocycles. The van der Waals surface area contributed by atoms with Crippen LogP contribution in [0.5, 0.6) is 0 Å². The van der Waals surface area contributed by atoms with Crippen LogP contribution in [-0.2, 0) is 14.3 Å². The highest BCUT2D eigenvalue weighted by atomic mass is 79.9. The van der Waals surface area contributed by atoms with Gasteiger partial charge in [0.25, 0.3) is 0 Å². The molecule has 1 amide bonds. The summed E-state index contributed by atoms with van der Waals surface area (Å²) in [5, 5.41) is 0. The first-order valence-electron chi connectivity index (χ1n) is 7.99. The van der Waals surface area contributed by atoms with E-state index in [4.69, 9.17) is 9.47 Å². The Kier molecular flexibility index (Phi) is 3.75. The molecule has 1 saturated carbocycles. The zero-order chi connectivity index (χ0) is 15.2. The first kappa shape index (κ1) is 14.7. The van der Waals surface area contributed by atoms with Gasteiger partial charge in [0, 0.05) is 36.3 Å². The second-order valence-electron chi connectivity index (χ2n) is 6.44. The van der Waals surface area contributed by atoms with Crippen LogP contribution >= 0.6 is 15.9 Å². The van der Waals surface area contributed by atoms with E-state index in [1.807, 2.05) is 17.0 Å². The monoisotopic (exact) mass is 365 g/mol. The lowest BCUT2D eigenvalue weighted by Gasteiger charge is -2.37. The Morgan fingerprint density at radius 2 is 1.95 bits per heavy atom. The fraction of sp³-hybridized carbons (Fsp3) is 0.588. The Bertz CT molecular complexity index is 575. The summed E-state index contributed by atoms with van der Waals surface area (Å²) in [5.41, 5.74) is 1.27. The van der Waals surface area contributed by atoms with Gasteiger partial charge >= 0.3 is 0 Å². The first-order valence-corrected chi connectivity index (χ1v) is 8.78. The van der Waals surface area contributed by atoms with Gasteiger partial charge in [0.15, 0.2) is 5.79 Å². The van der Waals surface area contributed by atoms with E-state index in [1.54, 1.807) is 0 Å². The molecule has 1 aromatic rings. The number of rotatable bonds is 2. The maximum Gasteiger partial charge on any atom is 0.226 e. The number of hydrogen-bond acceptors (Lipinski definition) is 3. The number of halogens is 1. The van der Waals surface area contributed by atoms with E-state index < -0.39 is 5.79 Å². The Morgan fingerprint density at radius 1 is 1.23 bits per heavy atom. The summed E-state index contributed by atoms with van der Waals surface area (Å²) >= 11 is 3.50. The third-order valence-electron chi connectivity index (χ3n) is 5.03. The SMILES string of the molecule is O=C(C1CC1c1cccc(Br)c1)N1CCC2(CC1)OCCO2. The molecule has 2 atom stereocenters. The Morgan fingerprint density at radius 3 is 2.64 bits per heavy atom. The smallest absolute Gasteiger partial charge is 0.226 e. The van der Waals surface area contributed by atoms with Gasteiger partial charge < -0.3 is 14.4 Å². The molecule has 3 fully saturated rings. The van der Waals surface area contributed by atoms with Crippen LogP contribution < -0.4 is 0 Å². The molecule has 4 nitrogen and oxygen atoms in total. The predicted octanol–water partition coefficient (Wildman–Crippen LogP) is 2.92. The van der Waals surface area contributed by atoms with Crippen molar-refractivity contribution in [2.24, 2.45) is 5.92 Å². The Balaban J connectivity index is 1.36. The van der Waals surface area contributed by atoms with Gasteiger partial charge in [-0.2, -0.15) is 0 Å². The topological polar surface area (TPSA) is 38.8 Å². The molecular weight excluding hydrogens is 346 g/mol. The minimum atomic E-state index is -0.399. The normalized spacial score (nSPS) is 29.8. The lowest BCUT2D eigenvalue weighted by molar-refractivity contribution is -0.187. The summed E-state index contributed by atoms with van der Waals surface area (Å²) in [6.45, 7) is 2.87. The number of carbonyl (C=O) groups is 1. The van der Waals surface area contributed by atoms with E-state index in [1.165, 1.54) is 5.56 Å². The second-order valence-corrected chi connectivity index (χ2v) is 7.35. The van der Waals surface area contributed by atoms with Crippen molar-refractivity contribution in [3.8, 4) is 0 Å². The van der Waals surface area contributed by atoms with Crippen LogP contribution in [0.4, 0.5) is 0 Å². The Hall–Kier alpha value is -0.910. The van der Waals surface area contributed by atoms with E-state index >= 15 is 0 Å². The summed E-state index contributed by atoms with van der Waals surface area (Å²) in [6.07, 6.45) is 2.57. The molecular formula is C17H20BrNO3. The quantitative estimate of drug-likeness (QED) is 0.808. The van der Waals surface area contributed by atoms with Crippen LogP contribution in [0.3, 0.4) is 0 Å². The third kappa shape index (κ3) is 2.70. The van der Waals surface area contributed by atoms with Crippen molar-refractivity contribution >= 4 is 21.8 Å². The van der Waals surface area contributed by atoms with Crippen molar-refractivity contribution in [1.82, 2.24) is 4.90 Å². The molecule has 2 heterocycles. The number of likely N-dealkylation sites (tertiary alicyclic amines) is 1. The van der Waals surface area contributed by atoms with Gasteiger partial charge in [-0.15, -0.1) is 0 Å². The Labute approximate surface area is 138 Å². The van der Waals surface area contributed by atoms with Gasteiger partial charge in [-0.1, -0.05) is 28.1 Å². The average molecular weight is 366 g/mol. The molecule has 2 unspecified atom stereocenters. The van der Waals surface area contributed by atoms with Crippen molar-refractivity contribution in [3.63, 3.8) is 0 Å². The minimum Gasteiger partial charge on any atom is -0.347 e. The summed E-state index contributed by atoms with van der Waals surface area (Å²) in [7, 11) is 0. The van der Waals surface area contributed by atoms with Crippen molar-refractivity contribution in [2.45, 2.75) is 31.0 Å². The molecule has 2 aliphatic heterocycles. The molecule has 0 bridgehead atoms. The molecule has 1 spiro atoms. The number of hydrogen-bond donors (Lipinski definition) is 0. The summed E-state index contributed by atoms with van der Waals surface area (Å²) in [4.78, 5) is 14.7. The largest absolute Gasteiger partial charge is 0.347 e. The zero-order valence-corrected chi connectivity index (χ0v) is 14.0. The van der Waals surface area contributed by atoms with Gasteiger partial charge in [0.1, 0.15) is 0 Å². The van der Waals surface area contributed by atoms with Crippen LogP contribution in [0.15, 0.2) is 28.7 Å².